The van der Waals surface area contributed by atoms with Crippen LogP contribution in [0.4, 0.5) is 5.00 Å². The summed E-state index contributed by atoms with van der Waals surface area (Å²) in [5, 5.41) is 14.2. The predicted molar refractivity (Wildman–Crippen MR) is 159 cm³/mol. The molecule has 214 valence electrons. The fraction of sp³-hybridized carbons (Fsp3) is 0.241. The molecular formula is C29H30N4O6S2. The number of benzene rings is 2. The Morgan fingerprint density at radius 1 is 1.02 bits per heavy atom. The molecule has 1 amide bonds. The highest BCUT2D eigenvalue weighted by molar-refractivity contribution is 7.99. The molecule has 0 fully saturated rings. The molecule has 1 atom stereocenters. The Morgan fingerprint density at radius 3 is 2.27 bits per heavy atom. The Bertz CT molecular complexity index is 1500. The van der Waals surface area contributed by atoms with Crippen molar-refractivity contribution < 1.29 is 28.5 Å². The molecule has 0 aliphatic carbocycles. The lowest BCUT2D eigenvalue weighted by atomic mass is 10.0. The van der Waals surface area contributed by atoms with Crippen LogP contribution < -0.4 is 19.5 Å². The average Bonchev–Trinajstić information content (AvgIpc) is 3.60. The molecule has 12 heteroatoms. The minimum atomic E-state index is -0.541. The van der Waals surface area contributed by atoms with E-state index in [9.17, 15) is 9.59 Å². The van der Waals surface area contributed by atoms with E-state index in [2.05, 4.69) is 22.1 Å². The molecule has 0 aliphatic heterocycles. The van der Waals surface area contributed by atoms with Crippen LogP contribution in [0, 0.1) is 0 Å². The van der Waals surface area contributed by atoms with Crippen LogP contribution in [0.5, 0.6) is 17.2 Å². The van der Waals surface area contributed by atoms with Gasteiger partial charge in [0.05, 0.1) is 27.1 Å². The maximum Gasteiger partial charge on any atom is 0.341 e. The Balaban J connectivity index is 1.46. The average molecular weight is 595 g/mol. The van der Waals surface area contributed by atoms with Gasteiger partial charge in [-0.05, 0) is 48.9 Å². The summed E-state index contributed by atoms with van der Waals surface area (Å²) in [7, 11) is 4.50. The Labute approximate surface area is 246 Å². The van der Waals surface area contributed by atoms with Crippen molar-refractivity contribution in [3.05, 3.63) is 78.0 Å². The van der Waals surface area contributed by atoms with Gasteiger partial charge in [0.25, 0.3) is 0 Å². The Hall–Kier alpha value is -4.29. The van der Waals surface area contributed by atoms with E-state index < -0.39 is 12.1 Å². The third kappa shape index (κ3) is 7.08. The summed E-state index contributed by atoms with van der Waals surface area (Å²) in [6.07, 6.45) is 1.32. The number of carbonyl (C=O) groups is 2. The lowest BCUT2D eigenvalue weighted by Crippen LogP contribution is -2.17. The van der Waals surface area contributed by atoms with Crippen molar-refractivity contribution in [2.75, 3.05) is 32.4 Å². The summed E-state index contributed by atoms with van der Waals surface area (Å²) in [6.45, 7) is 6.14. The van der Waals surface area contributed by atoms with E-state index in [1.54, 1.807) is 32.4 Å². The summed E-state index contributed by atoms with van der Waals surface area (Å²) < 4.78 is 23.3. The number of anilines is 1. The van der Waals surface area contributed by atoms with E-state index in [0.717, 1.165) is 11.3 Å². The smallest absolute Gasteiger partial charge is 0.341 e. The number of thioether (sulfide) groups is 1. The van der Waals surface area contributed by atoms with Gasteiger partial charge < -0.3 is 24.3 Å². The van der Waals surface area contributed by atoms with Gasteiger partial charge in [0.2, 0.25) is 5.91 Å². The first-order valence-electron chi connectivity index (χ1n) is 12.5. The van der Waals surface area contributed by atoms with Gasteiger partial charge in [0.1, 0.15) is 27.8 Å². The molecule has 41 heavy (non-hydrogen) atoms. The van der Waals surface area contributed by atoms with Crippen LogP contribution in [-0.2, 0) is 16.1 Å². The monoisotopic (exact) mass is 594 g/mol. The number of nitrogens with zero attached hydrogens (tertiary/aromatic N) is 3. The maximum atomic E-state index is 13.0. The van der Waals surface area contributed by atoms with Crippen LogP contribution in [0.1, 0.15) is 29.2 Å². The lowest BCUT2D eigenvalue weighted by Gasteiger charge is -2.16. The number of nitrogens with one attached hydrogen (secondary N) is 1. The number of carbonyl (C=O) groups excluding carboxylic acids is 2. The highest BCUT2D eigenvalue weighted by atomic mass is 32.2. The second-order valence-electron chi connectivity index (χ2n) is 8.59. The van der Waals surface area contributed by atoms with Crippen molar-refractivity contribution in [2.45, 2.75) is 24.7 Å². The van der Waals surface area contributed by atoms with Gasteiger partial charge in [0.15, 0.2) is 17.1 Å². The van der Waals surface area contributed by atoms with E-state index >= 15 is 0 Å². The number of allylic oxidation sites excluding steroid dienone is 1. The Morgan fingerprint density at radius 2 is 1.66 bits per heavy atom. The van der Waals surface area contributed by atoms with Crippen LogP contribution in [0.2, 0.25) is 0 Å². The number of hydrogen-bond donors (Lipinski definition) is 1. The minimum Gasteiger partial charge on any atom is -0.497 e. The topological polar surface area (TPSA) is 114 Å². The zero-order valence-corrected chi connectivity index (χ0v) is 24.7. The molecular weight excluding hydrogens is 564 g/mol. The molecule has 0 saturated carbocycles. The molecule has 10 nitrogen and oxygen atoms in total. The van der Waals surface area contributed by atoms with E-state index in [0.29, 0.717) is 45.2 Å². The maximum absolute atomic E-state index is 13.0. The molecule has 0 bridgehead atoms. The van der Waals surface area contributed by atoms with Gasteiger partial charge >= 0.3 is 5.97 Å². The van der Waals surface area contributed by atoms with Gasteiger partial charge in [-0.15, -0.1) is 28.1 Å². The van der Waals surface area contributed by atoms with Gasteiger partial charge in [-0.2, -0.15) is 0 Å². The quantitative estimate of drug-likeness (QED) is 0.115. The molecule has 1 unspecified atom stereocenters. The summed E-state index contributed by atoms with van der Waals surface area (Å²) in [4.78, 5) is 25.6. The van der Waals surface area contributed by atoms with E-state index in [4.69, 9.17) is 18.9 Å². The van der Waals surface area contributed by atoms with E-state index in [1.807, 2.05) is 53.3 Å². The van der Waals surface area contributed by atoms with E-state index in [1.165, 1.54) is 30.2 Å². The second-order valence-corrected chi connectivity index (χ2v) is 10.4. The molecule has 0 saturated heterocycles. The van der Waals surface area contributed by atoms with Gasteiger partial charge in [0, 0.05) is 17.5 Å². The van der Waals surface area contributed by atoms with Gasteiger partial charge in [-0.3, -0.25) is 9.36 Å². The highest BCUT2D eigenvalue weighted by Crippen LogP contribution is 2.37. The number of esters is 1. The third-order valence-corrected chi connectivity index (χ3v) is 7.82. The summed E-state index contributed by atoms with van der Waals surface area (Å²) in [6, 6.07) is 14.6. The summed E-state index contributed by atoms with van der Waals surface area (Å²) in [5.74, 6) is 1.88. The summed E-state index contributed by atoms with van der Waals surface area (Å²) in [5.41, 5.74) is 1.75. The van der Waals surface area contributed by atoms with Gasteiger partial charge in [-0.1, -0.05) is 30.0 Å². The van der Waals surface area contributed by atoms with Crippen molar-refractivity contribution in [3.8, 4) is 28.4 Å². The van der Waals surface area contributed by atoms with Crippen LogP contribution in [0.15, 0.2) is 71.7 Å². The first-order valence-corrected chi connectivity index (χ1v) is 14.4. The first kappa shape index (κ1) is 29.7. The highest BCUT2D eigenvalue weighted by Gasteiger charge is 2.24. The minimum absolute atomic E-state index is 0.0410. The predicted octanol–water partition coefficient (Wildman–Crippen LogP) is 5.87. The van der Waals surface area contributed by atoms with Crippen molar-refractivity contribution in [1.82, 2.24) is 14.8 Å². The van der Waals surface area contributed by atoms with Crippen molar-refractivity contribution >= 4 is 40.0 Å². The standard InChI is InChI=1S/C29H30N4O6S2/c1-6-15-33-26(18(2)39-22-13-11-21(37-4)12-14-22)31-32-29(33)41-17-24(34)30-27-25(28(35)38-5)23(16-40-27)19-7-9-20(36-3)10-8-19/h6-14,16,18H,1,15,17H2,2-5H3,(H,30,34). The summed E-state index contributed by atoms with van der Waals surface area (Å²) >= 11 is 2.48. The molecule has 2 heterocycles. The second kappa shape index (κ2) is 13.9. The zero-order valence-electron chi connectivity index (χ0n) is 23.1. The first-order chi connectivity index (χ1) is 19.9. The van der Waals surface area contributed by atoms with Crippen LogP contribution in [0.25, 0.3) is 11.1 Å². The Kier molecular flexibility index (Phi) is 10.0. The van der Waals surface area contributed by atoms with Crippen LogP contribution in [0.3, 0.4) is 0 Å². The van der Waals surface area contributed by atoms with Crippen molar-refractivity contribution in [1.29, 1.82) is 0 Å². The number of aromatic nitrogens is 3. The molecule has 4 aromatic rings. The zero-order chi connectivity index (χ0) is 29.4. The SMILES string of the molecule is C=CCn1c(SCC(=O)Nc2scc(-c3ccc(OC)cc3)c2C(=O)OC)nnc1C(C)Oc1ccc(OC)cc1. The lowest BCUT2D eigenvalue weighted by molar-refractivity contribution is -0.113. The number of amides is 1. The van der Waals surface area contributed by atoms with E-state index in [-0.39, 0.29) is 11.7 Å². The molecule has 0 radical (unpaired) electrons. The molecule has 2 aromatic carbocycles. The number of methoxy groups -OCH3 is 3. The normalized spacial score (nSPS) is 11.4. The van der Waals surface area contributed by atoms with Crippen molar-refractivity contribution in [2.24, 2.45) is 0 Å². The fourth-order valence-corrected chi connectivity index (χ4v) is 5.68. The fourth-order valence-electron chi connectivity index (χ4n) is 3.95. The molecule has 1 N–H and O–H groups in total. The molecule has 4 rings (SSSR count). The largest absolute Gasteiger partial charge is 0.497 e. The third-order valence-electron chi connectivity index (χ3n) is 5.96. The molecule has 2 aromatic heterocycles. The number of ether oxygens (including phenoxy) is 4. The van der Waals surface area contributed by atoms with Crippen molar-refractivity contribution in [3.63, 3.8) is 0 Å². The molecule has 0 aliphatic rings. The number of rotatable bonds is 13. The molecule has 0 spiro atoms. The number of thiophene rings is 1. The van der Waals surface area contributed by atoms with Crippen LogP contribution in [-0.4, -0.2) is 53.7 Å². The van der Waals surface area contributed by atoms with Gasteiger partial charge in [-0.25, -0.2) is 4.79 Å². The van der Waals surface area contributed by atoms with Crippen LogP contribution >= 0.6 is 23.1 Å². The number of hydrogen-bond acceptors (Lipinski definition) is 10.